The van der Waals surface area contributed by atoms with Crippen LogP contribution in [0.4, 0.5) is 0 Å². The standard InChI is InChI=1S/C13H24O2/c1-4-10-14-15-13(2,3)11-12-8-6-5-7-9-12/h4,12H,1,5-11H2,2-3H3. The first-order valence-electron chi connectivity index (χ1n) is 6.05. The van der Waals surface area contributed by atoms with Gasteiger partial charge in [-0.2, -0.15) is 0 Å². The van der Waals surface area contributed by atoms with Crippen molar-refractivity contribution >= 4 is 0 Å². The molecule has 0 amide bonds. The maximum absolute atomic E-state index is 5.40. The highest BCUT2D eigenvalue weighted by Gasteiger charge is 2.26. The average Bonchev–Trinajstić information content (AvgIpc) is 2.18. The summed E-state index contributed by atoms with van der Waals surface area (Å²) < 4.78 is 0. The van der Waals surface area contributed by atoms with Crippen LogP contribution in [0.3, 0.4) is 0 Å². The molecular formula is C13H24O2. The van der Waals surface area contributed by atoms with Crippen molar-refractivity contribution in [2.75, 3.05) is 6.61 Å². The van der Waals surface area contributed by atoms with Gasteiger partial charge in [-0.25, -0.2) is 9.78 Å². The number of rotatable bonds is 6. The molecule has 1 aliphatic rings. The third-order valence-corrected chi connectivity index (χ3v) is 2.98. The first kappa shape index (κ1) is 12.7. The van der Waals surface area contributed by atoms with Crippen molar-refractivity contribution in [3.63, 3.8) is 0 Å². The van der Waals surface area contributed by atoms with E-state index in [2.05, 4.69) is 20.4 Å². The number of hydrogen-bond acceptors (Lipinski definition) is 2. The van der Waals surface area contributed by atoms with Crippen LogP contribution in [0.25, 0.3) is 0 Å². The molecule has 0 atom stereocenters. The van der Waals surface area contributed by atoms with Gasteiger partial charge in [0, 0.05) is 0 Å². The van der Waals surface area contributed by atoms with E-state index < -0.39 is 0 Å². The summed E-state index contributed by atoms with van der Waals surface area (Å²) in [7, 11) is 0. The molecule has 0 aliphatic heterocycles. The predicted molar refractivity (Wildman–Crippen MR) is 62.5 cm³/mol. The molecule has 88 valence electrons. The Bertz CT molecular complexity index is 181. The summed E-state index contributed by atoms with van der Waals surface area (Å²) in [6, 6.07) is 0. The molecule has 0 radical (unpaired) electrons. The Labute approximate surface area is 93.6 Å². The van der Waals surface area contributed by atoms with Crippen molar-refractivity contribution in [1.82, 2.24) is 0 Å². The molecule has 1 saturated carbocycles. The summed E-state index contributed by atoms with van der Waals surface area (Å²) in [5, 5.41) is 0. The van der Waals surface area contributed by atoms with Crippen LogP contribution in [0.5, 0.6) is 0 Å². The van der Waals surface area contributed by atoms with Crippen LogP contribution >= 0.6 is 0 Å². The van der Waals surface area contributed by atoms with Crippen molar-refractivity contribution in [3.8, 4) is 0 Å². The molecule has 0 aromatic heterocycles. The van der Waals surface area contributed by atoms with Gasteiger partial charge in [0.15, 0.2) is 0 Å². The van der Waals surface area contributed by atoms with Crippen LogP contribution in [0.15, 0.2) is 12.7 Å². The zero-order valence-corrected chi connectivity index (χ0v) is 10.1. The predicted octanol–water partition coefficient (Wildman–Crippen LogP) is 3.87. The van der Waals surface area contributed by atoms with E-state index in [0.717, 1.165) is 12.3 Å². The summed E-state index contributed by atoms with van der Waals surface area (Å²) in [5.41, 5.74) is -0.162. The topological polar surface area (TPSA) is 18.5 Å². The molecule has 2 nitrogen and oxygen atoms in total. The fraction of sp³-hybridized carbons (Fsp3) is 0.846. The highest BCUT2D eigenvalue weighted by Crippen LogP contribution is 2.31. The third kappa shape index (κ3) is 5.33. The molecular weight excluding hydrogens is 188 g/mol. The van der Waals surface area contributed by atoms with E-state index >= 15 is 0 Å². The Balaban J connectivity index is 2.23. The van der Waals surface area contributed by atoms with Crippen LogP contribution in [0.1, 0.15) is 52.4 Å². The first-order chi connectivity index (χ1) is 7.14. The first-order valence-corrected chi connectivity index (χ1v) is 6.05. The zero-order valence-electron chi connectivity index (χ0n) is 10.1. The Kier molecular flexibility index (Phi) is 5.34. The molecule has 1 rings (SSSR count). The van der Waals surface area contributed by atoms with Crippen LogP contribution in [0.2, 0.25) is 0 Å². The van der Waals surface area contributed by atoms with Crippen molar-refractivity contribution in [2.24, 2.45) is 5.92 Å². The number of hydrogen-bond donors (Lipinski definition) is 0. The fourth-order valence-corrected chi connectivity index (χ4v) is 2.36. The summed E-state index contributed by atoms with van der Waals surface area (Å²) in [6.07, 6.45) is 9.69. The van der Waals surface area contributed by atoms with Gasteiger partial charge in [0.1, 0.15) is 6.61 Å². The highest BCUT2D eigenvalue weighted by molar-refractivity contribution is 4.75. The zero-order chi connectivity index (χ0) is 11.1. The Morgan fingerprint density at radius 1 is 1.27 bits per heavy atom. The van der Waals surface area contributed by atoms with E-state index in [4.69, 9.17) is 9.78 Å². The van der Waals surface area contributed by atoms with Crippen LogP contribution in [-0.4, -0.2) is 12.2 Å². The molecule has 0 heterocycles. The molecule has 2 heteroatoms. The van der Waals surface area contributed by atoms with Gasteiger partial charge in [0.2, 0.25) is 0 Å². The van der Waals surface area contributed by atoms with Crippen LogP contribution in [-0.2, 0) is 9.78 Å². The molecule has 0 unspecified atom stereocenters. The summed E-state index contributed by atoms with van der Waals surface area (Å²) in [5.74, 6) is 0.820. The molecule has 15 heavy (non-hydrogen) atoms. The molecule has 0 spiro atoms. The quantitative estimate of drug-likeness (QED) is 0.288. The van der Waals surface area contributed by atoms with Gasteiger partial charge in [-0.3, -0.25) is 0 Å². The normalized spacial score (nSPS) is 19.1. The molecule has 0 aromatic carbocycles. The summed E-state index contributed by atoms with van der Waals surface area (Å²) >= 11 is 0. The van der Waals surface area contributed by atoms with Gasteiger partial charge in [-0.1, -0.05) is 38.2 Å². The molecule has 0 bridgehead atoms. The smallest absolute Gasteiger partial charge is 0.100 e. The van der Waals surface area contributed by atoms with Gasteiger partial charge < -0.3 is 0 Å². The van der Waals surface area contributed by atoms with Crippen LogP contribution < -0.4 is 0 Å². The van der Waals surface area contributed by atoms with Crippen molar-refractivity contribution in [1.29, 1.82) is 0 Å². The molecule has 1 fully saturated rings. The van der Waals surface area contributed by atoms with Gasteiger partial charge in [-0.15, -0.1) is 6.58 Å². The van der Waals surface area contributed by atoms with E-state index in [1.807, 2.05) is 0 Å². The van der Waals surface area contributed by atoms with Gasteiger partial charge >= 0.3 is 0 Å². The third-order valence-electron chi connectivity index (χ3n) is 2.98. The Morgan fingerprint density at radius 3 is 2.53 bits per heavy atom. The van der Waals surface area contributed by atoms with Gasteiger partial charge in [-0.05, 0) is 26.2 Å². The van der Waals surface area contributed by atoms with E-state index in [1.165, 1.54) is 32.1 Å². The summed E-state index contributed by atoms with van der Waals surface area (Å²) in [6.45, 7) is 8.26. The minimum Gasteiger partial charge on any atom is -0.232 e. The Morgan fingerprint density at radius 2 is 1.93 bits per heavy atom. The molecule has 0 saturated heterocycles. The maximum atomic E-state index is 5.40. The summed E-state index contributed by atoms with van der Waals surface area (Å²) in [4.78, 5) is 10.5. The minimum atomic E-state index is -0.162. The van der Waals surface area contributed by atoms with E-state index in [-0.39, 0.29) is 5.60 Å². The second kappa shape index (κ2) is 6.29. The molecule has 0 N–H and O–H groups in total. The largest absolute Gasteiger partial charge is 0.232 e. The van der Waals surface area contributed by atoms with Crippen molar-refractivity contribution in [3.05, 3.63) is 12.7 Å². The van der Waals surface area contributed by atoms with E-state index in [0.29, 0.717) is 6.61 Å². The average molecular weight is 212 g/mol. The van der Waals surface area contributed by atoms with Crippen LogP contribution in [0, 0.1) is 5.92 Å². The SMILES string of the molecule is C=CCOOC(C)(C)CC1CCCCC1. The van der Waals surface area contributed by atoms with Gasteiger partial charge in [0.05, 0.1) is 5.60 Å². The highest BCUT2D eigenvalue weighted by atomic mass is 17.2. The second-order valence-corrected chi connectivity index (χ2v) is 5.12. The lowest BCUT2D eigenvalue weighted by molar-refractivity contribution is -0.350. The molecule has 0 aromatic rings. The van der Waals surface area contributed by atoms with Crippen molar-refractivity contribution < 1.29 is 9.78 Å². The lowest BCUT2D eigenvalue weighted by atomic mass is 9.82. The lowest BCUT2D eigenvalue weighted by Crippen LogP contribution is -2.28. The van der Waals surface area contributed by atoms with Crippen molar-refractivity contribution in [2.45, 2.75) is 58.0 Å². The fourth-order valence-electron chi connectivity index (χ4n) is 2.36. The monoisotopic (exact) mass is 212 g/mol. The Hall–Kier alpha value is -0.340. The second-order valence-electron chi connectivity index (χ2n) is 5.12. The van der Waals surface area contributed by atoms with Gasteiger partial charge in [0.25, 0.3) is 0 Å². The lowest BCUT2D eigenvalue weighted by Gasteiger charge is -2.30. The van der Waals surface area contributed by atoms with E-state index in [9.17, 15) is 0 Å². The molecule has 1 aliphatic carbocycles. The maximum Gasteiger partial charge on any atom is 0.100 e. The minimum absolute atomic E-state index is 0.162. The van der Waals surface area contributed by atoms with E-state index in [1.54, 1.807) is 6.08 Å².